The number of nitrogens with zero attached hydrogens (tertiary/aromatic N) is 6. The summed E-state index contributed by atoms with van der Waals surface area (Å²) in [6.45, 7) is 6.80. The van der Waals surface area contributed by atoms with Crippen molar-refractivity contribution in [3.05, 3.63) is 74.4 Å². The average molecular weight is 928 g/mol. The Labute approximate surface area is 386 Å². The summed E-state index contributed by atoms with van der Waals surface area (Å²) < 4.78 is 35.4. The fraction of sp³-hybridized carbons (Fsp3) is 0.511. The minimum Gasteiger partial charge on any atom is -0.496 e. The largest absolute Gasteiger partial charge is 0.496 e. The molecule has 1 aliphatic carbocycles. The summed E-state index contributed by atoms with van der Waals surface area (Å²) in [7, 11) is 3.05. The zero-order valence-corrected chi connectivity index (χ0v) is 38.3. The average Bonchev–Trinajstić information content (AvgIpc) is 3.64. The molecule has 19 heteroatoms. The molecule has 4 amide bonds. The van der Waals surface area contributed by atoms with Gasteiger partial charge in [-0.05, 0) is 108 Å². The number of aromatic nitrogens is 3. The third-order valence-electron chi connectivity index (χ3n) is 13.8. The van der Waals surface area contributed by atoms with Crippen LogP contribution in [0.4, 0.5) is 21.8 Å². The van der Waals surface area contributed by atoms with Crippen LogP contribution in [0.2, 0.25) is 5.02 Å². The molecule has 0 unspecified atom stereocenters. The second-order valence-electron chi connectivity index (χ2n) is 18.1. The zero-order valence-electron chi connectivity index (χ0n) is 37.5. The maximum atomic E-state index is 15.7. The number of pyridine rings is 1. The van der Waals surface area contributed by atoms with Crippen molar-refractivity contribution in [2.24, 2.45) is 0 Å². The lowest BCUT2D eigenvalue weighted by molar-refractivity contribution is -0.137. The van der Waals surface area contributed by atoms with E-state index in [1.54, 1.807) is 16.8 Å². The van der Waals surface area contributed by atoms with Gasteiger partial charge in [0.2, 0.25) is 17.8 Å². The fourth-order valence-electron chi connectivity index (χ4n) is 10.2. The van der Waals surface area contributed by atoms with Crippen LogP contribution in [0.3, 0.4) is 0 Å². The molecule has 17 nitrogen and oxygen atoms in total. The van der Waals surface area contributed by atoms with Gasteiger partial charge in [0, 0.05) is 60.8 Å². The molecule has 3 N–H and O–H groups in total. The zero-order chi connectivity index (χ0) is 46.4. The predicted octanol–water partition coefficient (Wildman–Crippen LogP) is 5.20. The summed E-state index contributed by atoms with van der Waals surface area (Å²) in [4.78, 5) is 78.2. The van der Waals surface area contributed by atoms with Crippen molar-refractivity contribution in [1.82, 2.24) is 35.0 Å². The van der Waals surface area contributed by atoms with E-state index in [1.807, 2.05) is 32.0 Å². The first-order valence-corrected chi connectivity index (χ1v) is 23.2. The van der Waals surface area contributed by atoms with Gasteiger partial charge >= 0.3 is 0 Å². The predicted molar refractivity (Wildman–Crippen MR) is 244 cm³/mol. The molecule has 0 spiro atoms. The lowest BCUT2D eigenvalue weighted by Gasteiger charge is -2.47. The SMILES string of the molecule is CNC(=O)COc1cc2cc(Nc3nc(N4CCC(OC5CC(N6CCC(c7cc(F)c8c(c7OC)CN([C@@H]7CCC(=O)NC7=O)C8=O)CC6)C5)CC4)ncc3Cl)ccc2n(C(C)C)c1=O. The molecular weight excluding hydrogens is 873 g/mol. The van der Waals surface area contributed by atoms with Crippen molar-refractivity contribution < 1.29 is 37.8 Å². The molecule has 1 atom stereocenters. The first-order valence-electron chi connectivity index (χ1n) is 22.8. The number of likely N-dealkylation sites (tertiary alicyclic amines) is 1. The molecule has 3 saturated heterocycles. The van der Waals surface area contributed by atoms with E-state index >= 15 is 4.39 Å². The minimum atomic E-state index is -0.829. The van der Waals surface area contributed by atoms with E-state index in [4.69, 9.17) is 30.8 Å². The van der Waals surface area contributed by atoms with E-state index in [9.17, 15) is 24.0 Å². The number of benzene rings is 2. The standard InChI is InChI=1S/C47H55ClFN9O8/c1-25(2)58-36-6-5-28(17-27(36)18-38(45(58)62)65-24-40(60)50-3)52-43-34(48)22-51-47(54-43)56-15-11-30(12-16-56)66-31-19-29(20-31)55-13-9-26(10-14-55)32-21-35(49)41-33(42(32)64-4)23-57(46(41)63)37-7-8-39(59)53-44(37)61/h5-6,17-18,21-22,25-26,29-31,37H,7-16,19-20,23-24H2,1-4H3,(H,50,60)(H,51,52,54)(H,53,59,61)/t29?,31?,37-/m1/s1. The van der Waals surface area contributed by atoms with E-state index in [0.29, 0.717) is 39.8 Å². The number of fused-ring (bicyclic) bond motifs is 2. The number of carbonyl (C=O) groups excluding carboxylic acids is 4. The Morgan fingerprint density at radius 3 is 2.45 bits per heavy atom. The lowest BCUT2D eigenvalue weighted by atomic mass is 9.82. The monoisotopic (exact) mass is 927 g/mol. The van der Waals surface area contributed by atoms with Gasteiger partial charge in [0.25, 0.3) is 17.4 Å². The maximum Gasteiger partial charge on any atom is 0.293 e. The van der Waals surface area contributed by atoms with Crippen molar-refractivity contribution >= 4 is 63.6 Å². The number of anilines is 3. The van der Waals surface area contributed by atoms with Crippen LogP contribution in [-0.4, -0.2) is 119 Å². The number of ether oxygens (including phenoxy) is 3. The van der Waals surface area contributed by atoms with Crippen LogP contribution in [0.1, 0.15) is 98.7 Å². The highest BCUT2D eigenvalue weighted by molar-refractivity contribution is 6.33. The van der Waals surface area contributed by atoms with Gasteiger partial charge in [0.05, 0.1) is 43.1 Å². The molecule has 2 aromatic heterocycles. The summed E-state index contributed by atoms with van der Waals surface area (Å²) in [5, 5.41) is 9.22. The third-order valence-corrected chi connectivity index (χ3v) is 14.0. The molecule has 2 aromatic carbocycles. The number of hydrogen-bond acceptors (Lipinski definition) is 13. The summed E-state index contributed by atoms with van der Waals surface area (Å²) in [5.74, 6) is -0.721. The van der Waals surface area contributed by atoms with Crippen LogP contribution < -0.4 is 35.9 Å². The number of hydrogen-bond donors (Lipinski definition) is 3. The molecule has 0 bridgehead atoms. The number of nitrogens with one attached hydrogen (secondary N) is 3. The summed E-state index contributed by atoms with van der Waals surface area (Å²) >= 11 is 6.60. The minimum absolute atomic E-state index is 0.0479. The Bertz CT molecular complexity index is 2620. The molecule has 5 aliphatic rings. The van der Waals surface area contributed by atoms with Crippen LogP contribution in [0.5, 0.6) is 11.5 Å². The number of carbonyl (C=O) groups is 4. The molecule has 4 aliphatic heterocycles. The first-order chi connectivity index (χ1) is 31.8. The van der Waals surface area contributed by atoms with E-state index in [2.05, 4.69) is 30.7 Å². The van der Waals surface area contributed by atoms with Gasteiger partial charge in [0.1, 0.15) is 22.6 Å². The van der Waals surface area contributed by atoms with Crippen LogP contribution in [-0.2, 0) is 25.7 Å². The van der Waals surface area contributed by atoms with Crippen LogP contribution in [0.25, 0.3) is 10.9 Å². The number of amides is 4. The smallest absolute Gasteiger partial charge is 0.293 e. The van der Waals surface area contributed by atoms with Gasteiger partial charge < -0.3 is 44.1 Å². The Morgan fingerprint density at radius 2 is 1.76 bits per heavy atom. The molecule has 66 heavy (non-hydrogen) atoms. The van der Waals surface area contributed by atoms with E-state index in [1.165, 1.54) is 25.1 Å². The molecule has 9 rings (SSSR count). The van der Waals surface area contributed by atoms with E-state index in [-0.39, 0.29) is 78.8 Å². The summed E-state index contributed by atoms with van der Waals surface area (Å²) in [6.07, 6.45) is 7.50. The Morgan fingerprint density at radius 1 is 1.00 bits per heavy atom. The molecule has 350 valence electrons. The molecule has 0 radical (unpaired) electrons. The first kappa shape index (κ1) is 45.3. The van der Waals surface area contributed by atoms with Crippen molar-refractivity contribution in [2.45, 2.75) is 108 Å². The molecular formula is C47H55ClFN9O8. The Kier molecular flexibility index (Phi) is 12.9. The quantitative estimate of drug-likeness (QED) is 0.149. The van der Waals surface area contributed by atoms with Gasteiger partial charge in [-0.15, -0.1) is 0 Å². The van der Waals surface area contributed by atoms with Gasteiger partial charge in [-0.25, -0.2) is 9.37 Å². The third kappa shape index (κ3) is 8.89. The fourth-order valence-corrected chi connectivity index (χ4v) is 10.3. The number of piperidine rings is 3. The molecule has 4 aromatic rings. The highest BCUT2D eigenvalue weighted by atomic mass is 35.5. The molecule has 6 heterocycles. The van der Waals surface area contributed by atoms with Crippen molar-refractivity contribution in [2.75, 3.05) is 57.2 Å². The number of imide groups is 1. The number of likely N-dealkylation sites (N-methyl/N-ethyl adjacent to an activating group) is 1. The summed E-state index contributed by atoms with van der Waals surface area (Å²) in [6, 6.07) is 8.14. The lowest BCUT2D eigenvalue weighted by Crippen LogP contribution is -2.52. The number of methoxy groups -OCH3 is 1. The van der Waals surface area contributed by atoms with Crippen molar-refractivity contribution in [3.8, 4) is 11.5 Å². The summed E-state index contributed by atoms with van der Waals surface area (Å²) in [5.41, 5.74) is 2.29. The molecule has 4 fully saturated rings. The van der Waals surface area contributed by atoms with E-state index in [0.717, 1.165) is 81.2 Å². The second kappa shape index (κ2) is 18.8. The molecule has 1 saturated carbocycles. The topological polar surface area (TPSA) is 190 Å². The highest BCUT2D eigenvalue weighted by Gasteiger charge is 2.44. The number of rotatable bonds is 13. The number of halogens is 2. The van der Waals surface area contributed by atoms with Crippen LogP contribution in [0, 0.1) is 5.82 Å². The van der Waals surface area contributed by atoms with Gasteiger partial charge in [-0.1, -0.05) is 11.6 Å². The Balaban J connectivity index is 0.759. The normalized spacial score (nSPS) is 21.8. The van der Waals surface area contributed by atoms with E-state index < -0.39 is 23.7 Å². The second-order valence-corrected chi connectivity index (χ2v) is 18.5. The highest BCUT2D eigenvalue weighted by Crippen LogP contribution is 2.44. The van der Waals surface area contributed by atoms with Crippen LogP contribution in [0.15, 0.2) is 41.3 Å². The van der Waals surface area contributed by atoms with Crippen LogP contribution >= 0.6 is 11.6 Å². The maximum absolute atomic E-state index is 15.7. The van der Waals surface area contributed by atoms with Gasteiger partial charge in [-0.3, -0.25) is 29.3 Å². The van der Waals surface area contributed by atoms with Crippen molar-refractivity contribution in [3.63, 3.8) is 0 Å². The van der Waals surface area contributed by atoms with Crippen molar-refractivity contribution in [1.29, 1.82) is 0 Å². The van der Waals surface area contributed by atoms with Gasteiger partial charge in [-0.2, -0.15) is 4.98 Å². The Hall–Kier alpha value is -5.85. The van der Waals surface area contributed by atoms with Gasteiger partial charge in [0.15, 0.2) is 18.2 Å².